The average molecular weight is 391 g/mol. The van der Waals surface area contributed by atoms with Crippen molar-refractivity contribution >= 4 is 16.9 Å². The third-order valence-electron chi connectivity index (χ3n) is 5.15. The number of imidazole rings is 1. The minimum absolute atomic E-state index is 0.0395. The predicted octanol–water partition coefficient (Wildman–Crippen LogP) is 1.41. The fourth-order valence-corrected chi connectivity index (χ4v) is 3.66. The summed E-state index contributed by atoms with van der Waals surface area (Å²) in [6.07, 6.45) is 2.46. The van der Waals surface area contributed by atoms with E-state index in [-0.39, 0.29) is 24.7 Å². The Balaban J connectivity index is 1.48. The van der Waals surface area contributed by atoms with E-state index in [0.717, 1.165) is 17.5 Å². The van der Waals surface area contributed by atoms with E-state index in [1.54, 1.807) is 18.9 Å². The largest absolute Gasteiger partial charge is 0.394 e. The average Bonchev–Trinajstić information content (AvgIpc) is 3.13. The number of carbonyl (C=O) groups excluding carboxylic acids is 1. The molecule has 3 atom stereocenters. The highest BCUT2D eigenvalue weighted by Crippen LogP contribution is 2.24. The molecule has 0 saturated carbocycles. The van der Waals surface area contributed by atoms with Crippen LogP contribution >= 0.6 is 0 Å². The zero-order chi connectivity index (χ0) is 19.9. The summed E-state index contributed by atoms with van der Waals surface area (Å²) >= 11 is 0. The number of aliphatic hydroxyl groups excluding tert-OH is 1. The number of carbonyl (C=O) groups is 1. The van der Waals surface area contributed by atoms with Crippen LogP contribution in [0.3, 0.4) is 0 Å². The number of amides is 1. The van der Waals surface area contributed by atoms with E-state index in [0.29, 0.717) is 32.7 Å². The molecule has 154 valence electrons. The lowest BCUT2D eigenvalue weighted by Crippen LogP contribution is -2.53. The van der Waals surface area contributed by atoms with Crippen molar-refractivity contribution in [3.63, 3.8) is 0 Å². The molecule has 1 saturated heterocycles. The maximum Gasteiger partial charge on any atom is 0.219 e. The predicted molar refractivity (Wildman–Crippen MR) is 104 cm³/mol. The number of hydrogen-bond donors (Lipinski definition) is 1. The van der Waals surface area contributed by atoms with Gasteiger partial charge >= 0.3 is 0 Å². The molecule has 1 N–H and O–H groups in total. The molecule has 0 bridgehead atoms. The molecule has 1 aromatic heterocycles. The highest BCUT2D eigenvalue weighted by atomic mass is 16.7. The summed E-state index contributed by atoms with van der Waals surface area (Å²) in [6.45, 7) is 3.64. The number of fused-ring (bicyclic) bond motifs is 1. The molecular weight excluding hydrogens is 362 g/mol. The topological polar surface area (TPSA) is 86.0 Å². The van der Waals surface area contributed by atoms with E-state index in [1.165, 1.54) is 0 Å². The molecule has 3 rings (SSSR count). The van der Waals surface area contributed by atoms with Gasteiger partial charge in [-0.2, -0.15) is 0 Å². The first-order valence-corrected chi connectivity index (χ1v) is 9.68. The zero-order valence-electron chi connectivity index (χ0n) is 16.5. The summed E-state index contributed by atoms with van der Waals surface area (Å²) in [4.78, 5) is 18.3. The molecule has 2 heterocycles. The molecule has 1 fully saturated rings. The minimum Gasteiger partial charge on any atom is -0.394 e. The van der Waals surface area contributed by atoms with Gasteiger partial charge < -0.3 is 28.8 Å². The van der Waals surface area contributed by atoms with Gasteiger partial charge in [-0.05, 0) is 25.0 Å². The van der Waals surface area contributed by atoms with Crippen molar-refractivity contribution in [3.8, 4) is 0 Å². The van der Waals surface area contributed by atoms with Gasteiger partial charge in [0.2, 0.25) is 5.91 Å². The van der Waals surface area contributed by atoms with Crippen LogP contribution in [0.1, 0.15) is 19.8 Å². The standard InChI is InChI=1S/C20H29N3O5/c1-15(25)23(19-8-7-16(13-24)28-20(19)26-2)10-12-27-11-9-22-14-21-17-5-3-4-6-18(17)22/h3-6,14,16,19-20,24H,7-13H2,1-2H3/t16-,19+,20-/m0/s1. The van der Waals surface area contributed by atoms with Crippen molar-refractivity contribution in [1.29, 1.82) is 0 Å². The van der Waals surface area contributed by atoms with E-state index < -0.39 is 6.29 Å². The van der Waals surface area contributed by atoms with Crippen molar-refractivity contribution < 1.29 is 24.1 Å². The zero-order valence-corrected chi connectivity index (χ0v) is 16.5. The van der Waals surface area contributed by atoms with Gasteiger partial charge in [0, 0.05) is 27.1 Å². The third kappa shape index (κ3) is 4.88. The van der Waals surface area contributed by atoms with Gasteiger partial charge in [0.05, 0.1) is 49.3 Å². The van der Waals surface area contributed by atoms with Gasteiger partial charge in [-0.15, -0.1) is 0 Å². The molecule has 1 aromatic carbocycles. The molecular formula is C20H29N3O5. The van der Waals surface area contributed by atoms with Crippen LogP contribution < -0.4 is 0 Å². The van der Waals surface area contributed by atoms with Crippen LogP contribution in [0.5, 0.6) is 0 Å². The van der Waals surface area contributed by atoms with Crippen molar-refractivity contribution in [2.24, 2.45) is 0 Å². The van der Waals surface area contributed by atoms with E-state index >= 15 is 0 Å². The first-order chi connectivity index (χ1) is 13.6. The van der Waals surface area contributed by atoms with Crippen molar-refractivity contribution in [2.75, 3.05) is 33.5 Å². The van der Waals surface area contributed by atoms with Gasteiger partial charge in [0.25, 0.3) is 0 Å². The van der Waals surface area contributed by atoms with E-state index in [1.807, 2.05) is 30.6 Å². The Labute approximate surface area is 165 Å². The number of aromatic nitrogens is 2. The Bertz CT molecular complexity index is 765. The molecule has 8 nitrogen and oxygen atoms in total. The highest BCUT2D eigenvalue weighted by molar-refractivity contribution is 5.75. The first kappa shape index (κ1) is 20.7. The van der Waals surface area contributed by atoms with Crippen LogP contribution in [-0.2, 0) is 25.5 Å². The Morgan fingerprint density at radius 1 is 1.36 bits per heavy atom. The van der Waals surface area contributed by atoms with Crippen molar-refractivity contribution in [2.45, 2.75) is 44.7 Å². The number of methoxy groups -OCH3 is 1. The molecule has 8 heteroatoms. The maximum atomic E-state index is 12.2. The number of ether oxygens (including phenoxy) is 3. The number of para-hydroxylation sites is 2. The Kier molecular flexibility index (Phi) is 7.38. The highest BCUT2D eigenvalue weighted by Gasteiger charge is 2.36. The van der Waals surface area contributed by atoms with Crippen molar-refractivity contribution in [1.82, 2.24) is 14.5 Å². The van der Waals surface area contributed by atoms with Gasteiger partial charge in [-0.1, -0.05) is 12.1 Å². The lowest BCUT2D eigenvalue weighted by Gasteiger charge is -2.41. The Hall–Kier alpha value is -2.00. The van der Waals surface area contributed by atoms with Gasteiger partial charge in [0.1, 0.15) is 0 Å². The van der Waals surface area contributed by atoms with Crippen molar-refractivity contribution in [3.05, 3.63) is 30.6 Å². The smallest absolute Gasteiger partial charge is 0.219 e. The molecule has 0 aliphatic carbocycles. The second-order valence-electron chi connectivity index (χ2n) is 6.94. The second kappa shape index (κ2) is 9.97. The molecule has 0 radical (unpaired) electrons. The van der Waals surface area contributed by atoms with Crippen LogP contribution in [0.15, 0.2) is 30.6 Å². The summed E-state index contributed by atoms with van der Waals surface area (Å²) in [6, 6.07) is 7.81. The van der Waals surface area contributed by atoms with E-state index in [4.69, 9.17) is 14.2 Å². The summed E-state index contributed by atoms with van der Waals surface area (Å²) < 4.78 is 19.0. The fourth-order valence-electron chi connectivity index (χ4n) is 3.66. The van der Waals surface area contributed by atoms with E-state index in [2.05, 4.69) is 9.55 Å². The minimum atomic E-state index is -0.535. The van der Waals surface area contributed by atoms with E-state index in [9.17, 15) is 9.90 Å². The monoisotopic (exact) mass is 391 g/mol. The normalized spacial score (nSPS) is 22.5. The van der Waals surface area contributed by atoms with Gasteiger partial charge in [-0.25, -0.2) is 4.98 Å². The molecule has 0 unspecified atom stereocenters. The lowest BCUT2D eigenvalue weighted by molar-refractivity contribution is -0.221. The fraction of sp³-hybridized carbons (Fsp3) is 0.600. The van der Waals surface area contributed by atoms with Crippen LogP contribution in [0.4, 0.5) is 0 Å². The Morgan fingerprint density at radius 3 is 2.93 bits per heavy atom. The molecule has 1 amide bonds. The second-order valence-corrected chi connectivity index (χ2v) is 6.94. The molecule has 1 aliphatic rings. The Morgan fingerprint density at radius 2 is 2.18 bits per heavy atom. The number of aliphatic hydroxyl groups is 1. The number of benzene rings is 1. The first-order valence-electron chi connectivity index (χ1n) is 9.68. The van der Waals surface area contributed by atoms with Gasteiger partial charge in [-0.3, -0.25) is 4.79 Å². The number of hydrogen-bond acceptors (Lipinski definition) is 6. The van der Waals surface area contributed by atoms with Crippen LogP contribution in [0.25, 0.3) is 11.0 Å². The SMILES string of the molecule is CO[C@H]1O[C@H](CO)CC[C@H]1N(CCOCCn1cnc2ccccc21)C(C)=O. The quantitative estimate of drug-likeness (QED) is 0.651. The lowest BCUT2D eigenvalue weighted by atomic mass is 10.0. The van der Waals surface area contributed by atoms with Crippen LogP contribution in [0.2, 0.25) is 0 Å². The summed E-state index contributed by atoms with van der Waals surface area (Å²) in [7, 11) is 1.56. The molecule has 28 heavy (non-hydrogen) atoms. The molecule has 2 aromatic rings. The van der Waals surface area contributed by atoms with Crippen LogP contribution in [0, 0.1) is 0 Å². The molecule has 1 aliphatic heterocycles. The third-order valence-corrected chi connectivity index (χ3v) is 5.15. The number of rotatable bonds is 9. The van der Waals surface area contributed by atoms with Gasteiger partial charge in [0.15, 0.2) is 6.29 Å². The number of nitrogens with zero attached hydrogens (tertiary/aromatic N) is 3. The van der Waals surface area contributed by atoms with Crippen LogP contribution in [-0.4, -0.2) is 77.4 Å². The summed E-state index contributed by atoms with van der Waals surface area (Å²) in [5.41, 5.74) is 2.05. The summed E-state index contributed by atoms with van der Waals surface area (Å²) in [5.74, 6) is -0.0395. The molecule has 0 spiro atoms. The maximum absolute atomic E-state index is 12.2. The summed E-state index contributed by atoms with van der Waals surface area (Å²) in [5, 5.41) is 9.30.